The number of para-hydroxylation sites is 1. The zero-order valence-electron chi connectivity index (χ0n) is 18.1. The number of hydrogen-bond acceptors (Lipinski definition) is 3. The summed E-state index contributed by atoms with van der Waals surface area (Å²) in [7, 11) is 0. The van der Waals surface area contributed by atoms with Crippen molar-refractivity contribution in [2.75, 3.05) is 11.9 Å². The number of nitrogens with one attached hydrogen (secondary N) is 2. The number of benzene rings is 3. The van der Waals surface area contributed by atoms with Crippen molar-refractivity contribution in [3.8, 4) is 5.75 Å². The van der Waals surface area contributed by atoms with Gasteiger partial charge in [-0.1, -0.05) is 75.4 Å². The Labute approximate surface area is 183 Å². The molecule has 0 fully saturated rings. The van der Waals surface area contributed by atoms with Gasteiger partial charge in [-0.15, -0.1) is 0 Å². The molecule has 0 bridgehead atoms. The van der Waals surface area contributed by atoms with Gasteiger partial charge in [-0.25, -0.2) is 0 Å². The second kappa shape index (κ2) is 9.94. The van der Waals surface area contributed by atoms with Gasteiger partial charge in [-0.05, 0) is 40.8 Å². The molecule has 0 aliphatic carbocycles. The van der Waals surface area contributed by atoms with Crippen molar-refractivity contribution in [2.45, 2.75) is 32.7 Å². The average molecular weight is 417 g/mol. The molecule has 0 saturated carbocycles. The molecule has 0 spiro atoms. The smallest absolute Gasteiger partial charge is 0.262 e. The van der Waals surface area contributed by atoms with E-state index in [-0.39, 0.29) is 23.8 Å². The lowest BCUT2D eigenvalue weighted by Gasteiger charge is -2.22. The van der Waals surface area contributed by atoms with Crippen molar-refractivity contribution < 1.29 is 14.3 Å². The summed E-state index contributed by atoms with van der Waals surface area (Å²) < 4.78 is 5.77. The molecule has 0 aliphatic heterocycles. The van der Waals surface area contributed by atoms with Crippen molar-refractivity contribution in [3.63, 3.8) is 0 Å². The zero-order valence-corrected chi connectivity index (χ0v) is 18.1. The van der Waals surface area contributed by atoms with Crippen LogP contribution >= 0.6 is 0 Å². The van der Waals surface area contributed by atoms with Gasteiger partial charge in [0.15, 0.2) is 6.61 Å². The summed E-state index contributed by atoms with van der Waals surface area (Å²) in [5, 5.41) is 5.68. The molecule has 3 rings (SSSR count). The molecule has 31 heavy (non-hydrogen) atoms. The summed E-state index contributed by atoms with van der Waals surface area (Å²) in [4.78, 5) is 24.9. The second-order valence-corrected chi connectivity index (χ2v) is 8.33. The van der Waals surface area contributed by atoms with Crippen LogP contribution in [0.25, 0.3) is 0 Å². The maximum absolute atomic E-state index is 12.4. The number of hydrogen-bond donors (Lipinski definition) is 2. The van der Waals surface area contributed by atoms with Crippen LogP contribution in [0.15, 0.2) is 78.9 Å². The van der Waals surface area contributed by atoms with Crippen LogP contribution in [0.3, 0.4) is 0 Å². The van der Waals surface area contributed by atoms with Crippen LogP contribution in [-0.2, 0) is 16.8 Å². The van der Waals surface area contributed by atoms with E-state index in [1.165, 1.54) is 0 Å². The molecular formula is C26H28N2O3. The minimum atomic E-state index is -0.287. The first-order valence-electron chi connectivity index (χ1n) is 10.3. The van der Waals surface area contributed by atoms with Crippen LogP contribution in [0.5, 0.6) is 5.75 Å². The van der Waals surface area contributed by atoms with E-state index in [1.807, 2.05) is 54.6 Å². The Morgan fingerprint density at radius 3 is 2.32 bits per heavy atom. The van der Waals surface area contributed by atoms with Crippen LogP contribution in [0.4, 0.5) is 5.69 Å². The Morgan fingerprint density at radius 1 is 0.871 bits per heavy atom. The standard InChI is InChI=1S/C26H28N2O3/c1-26(2,3)22-14-7-8-15-23(22)31-18-24(29)28-21-13-9-12-20(16-21)25(30)27-17-19-10-5-4-6-11-19/h4-16H,17-18H2,1-3H3,(H,27,30)(H,28,29). The largest absolute Gasteiger partial charge is 0.483 e. The number of rotatable bonds is 7. The molecular weight excluding hydrogens is 388 g/mol. The van der Waals surface area contributed by atoms with Crippen molar-refractivity contribution in [3.05, 3.63) is 95.6 Å². The summed E-state index contributed by atoms with van der Waals surface area (Å²) in [5.41, 5.74) is 3.00. The lowest BCUT2D eigenvalue weighted by Crippen LogP contribution is -2.24. The highest BCUT2D eigenvalue weighted by atomic mass is 16.5. The number of carbonyl (C=O) groups is 2. The van der Waals surface area contributed by atoms with E-state index < -0.39 is 0 Å². The van der Waals surface area contributed by atoms with E-state index in [1.54, 1.807) is 24.3 Å². The molecule has 2 N–H and O–H groups in total. The SMILES string of the molecule is CC(C)(C)c1ccccc1OCC(=O)Nc1cccc(C(=O)NCc2ccccc2)c1. The first kappa shape index (κ1) is 22.1. The molecule has 0 saturated heterocycles. The third kappa shape index (κ3) is 6.44. The van der Waals surface area contributed by atoms with Crippen molar-refractivity contribution >= 4 is 17.5 Å². The minimum Gasteiger partial charge on any atom is -0.483 e. The maximum Gasteiger partial charge on any atom is 0.262 e. The fourth-order valence-electron chi connectivity index (χ4n) is 3.17. The fourth-order valence-corrected chi connectivity index (χ4v) is 3.17. The average Bonchev–Trinajstić information content (AvgIpc) is 2.76. The Kier molecular flexibility index (Phi) is 7.08. The van der Waals surface area contributed by atoms with Gasteiger partial charge >= 0.3 is 0 Å². The van der Waals surface area contributed by atoms with Gasteiger partial charge in [0.1, 0.15) is 5.75 Å². The van der Waals surface area contributed by atoms with Crippen molar-refractivity contribution in [2.24, 2.45) is 0 Å². The topological polar surface area (TPSA) is 67.4 Å². The number of amides is 2. The molecule has 0 unspecified atom stereocenters. The molecule has 0 atom stereocenters. The Hall–Kier alpha value is -3.60. The van der Waals surface area contributed by atoms with Gasteiger partial charge in [-0.3, -0.25) is 9.59 Å². The van der Waals surface area contributed by atoms with Gasteiger partial charge in [0.2, 0.25) is 0 Å². The number of carbonyl (C=O) groups excluding carboxylic acids is 2. The Morgan fingerprint density at radius 2 is 1.58 bits per heavy atom. The summed E-state index contributed by atoms with van der Waals surface area (Å²) >= 11 is 0. The summed E-state index contributed by atoms with van der Waals surface area (Å²) in [5.74, 6) is 0.208. The van der Waals surface area contributed by atoms with Gasteiger partial charge in [0, 0.05) is 17.8 Å². The Bertz CT molecular complexity index is 1040. The first-order valence-corrected chi connectivity index (χ1v) is 10.3. The van der Waals surface area contributed by atoms with Crippen LogP contribution in [0.1, 0.15) is 42.3 Å². The molecule has 0 radical (unpaired) electrons. The predicted octanol–water partition coefficient (Wildman–Crippen LogP) is 4.93. The maximum atomic E-state index is 12.4. The Balaban J connectivity index is 1.57. The molecule has 0 aliphatic rings. The third-order valence-electron chi connectivity index (χ3n) is 4.76. The van der Waals surface area contributed by atoms with E-state index in [2.05, 4.69) is 31.4 Å². The predicted molar refractivity (Wildman–Crippen MR) is 123 cm³/mol. The summed E-state index contributed by atoms with van der Waals surface area (Å²) in [6.45, 7) is 6.63. The summed E-state index contributed by atoms with van der Waals surface area (Å²) in [6.07, 6.45) is 0. The number of anilines is 1. The van der Waals surface area contributed by atoms with E-state index in [4.69, 9.17) is 4.74 Å². The minimum absolute atomic E-state index is 0.0888. The molecule has 2 amide bonds. The highest BCUT2D eigenvalue weighted by molar-refractivity contribution is 5.97. The third-order valence-corrected chi connectivity index (χ3v) is 4.76. The fraction of sp³-hybridized carbons (Fsp3) is 0.231. The quantitative estimate of drug-likeness (QED) is 0.574. The highest BCUT2D eigenvalue weighted by Gasteiger charge is 2.19. The highest BCUT2D eigenvalue weighted by Crippen LogP contribution is 2.30. The van der Waals surface area contributed by atoms with Crippen molar-refractivity contribution in [1.29, 1.82) is 0 Å². The molecule has 5 heteroatoms. The van der Waals surface area contributed by atoms with Crippen LogP contribution in [0, 0.1) is 0 Å². The lowest BCUT2D eigenvalue weighted by atomic mass is 9.86. The van der Waals surface area contributed by atoms with E-state index in [9.17, 15) is 9.59 Å². The molecule has 3 aromatic carbocycles. The monoisotopic (exact) mass is 416 g/mol. The molecule has 0 aromatic heterocycles. The second-order valence-electron chi connectivity index (χ2n) is 8.33. The molecule has 5 nitrogen and oxygen atoms in total. The van der Waals surface area contributed by atoms with Crippen molar-refractivity contribution in [1.82, 2.24) is 5.32 Å². The lowest BCUT2D eigenvalue weighted by molar-refractivity contribution is -0.118. The normalized spacial score (nSPS) is 10.9. The van der Waals surface area contributed by atoms with Gasteiger partial charge in [-0.2, -0.15) is 0 Å². The van der Waals surface area contributed by atoms with Gasteiger partial charge in [0.25, 0.3) is 11.8 Å². The zero-order chi connectivity index (χ0) is 22.3. The number of ether oxygens (including phenoxy) is 1. The van der Waals surface area contributed by atoms with E-state index in [0.29, 0.717) is 23.5 Å². The van der Waals surface area contributed by atoms with Gasteiger partial charge < -0.3 is 15.4 Å². The van der Waals surface area contributed by atoms with Gasteiger partial charge in [0.05, 0.1) is 0 Å². The van der Waals surface area contributed by atoms with Crippen LogP contribution < -0.4 is 15.4 Å². The molecule has 3 aromatic rings. The summed E-state index contributed by atoms with van der Waals surface area (Å²) in [6, 6.07) is 24.3. The van der Waals surface area contributed by atoms with E-state index in [0.717, 1.165) is 11.1 Å². The van der Waals surface area contributed by atoms with Crippen LogP contribution in [-0.4, -0.2) is 18.4 Å². The van der Waals surface area contributed by atoms with Crippen LogP contribution in [0.2, 0.25) is 0 Å². The van der Waals surface area contributed by atoms with E-state index >= 15 is 0 Å². The first-order chi connectivity index (χ1) is 14.8. The molecule has 0 heterocycles. The molecule has 160 valence electrons.